The summed E-state index contributed by atoms with van der Waals surface area (Å²) in [6.45, 7) is 0. The first-order valence-corrected chi connectivity index (χ1v) is 5.65. The van der Waals surface area contributed by atoms with Gasteiger partial charge in [0.05, 0.1) is 18.7 Å². The van der Waals surface area contributed by atoms with E-state index in [0.29, 0.717) is 0 Å². The number of nitriles is 1. The van der Waals surface area contributed by atoms with E-state index in [0.717, 1.165) is 13.2 Å². The maximum atomic E-state index is 13.7. The van der Waals surface area contributed by atoms with E-state index < -0.39 is 17.5 Å². The van der Waals surface area contributed by atoms with Crippen LogP contribution in [0.2, 0.25) is 0 Å². The van der Waals surface area contributed by atoms with E-state index in [1.54, 1.807) is 6.07 Å². The fourth-order valence-electron chi connectivity index (χ4n) is 1.29. The van der Waals surface area contributed by atoms with Crippen molar-refractivity contribution in [3.63, 3.8) is 0 Å². The van der Waals surface area contributed by atoms with Crippen LogP contribution in [0.15, 0.2) is 18.2 Å². The predicted octanol–water partition coefficient (Wildman–Crippen LogP) is 2.72. The second-order valence-electron chi connectivity index (χ2n) is 3.18. The van der Waals surface area contributed by atoms with Gasteiger partial charge in [0, 0.05) is 10.9 Å². The number of rotatable bonds is 3. The quantitative estimate of drug-likeness (QED) is 0.637. The molecule has 0 radical (unpaired) electrons. The molecule has 0 aliphatic carbocycles. The number of alkyl halides is 3. The molecule has 90 valence electrons. The van der Waals surface area contributed by atoms with Crippen LogP contribution in [0, 0.1) is 11.3 Å². The van der Waals surface area contributed by atoms with Crippen molar-refractivity contribution in [1.29, 1.82) is 5.26 Å². The maximum Gasteiger partial charge on any atom is 0.381 e. The van der Waals surface area contributed by atoms with Crippen LogP contribution in [-0.4, -0.2) is 13.1 Å². The molecule has 0 N–H and O–H groups in total. The third-order valence-corrected chi connectivity index (χ3v) is 2.77. The minimum Gasteiger partial charge on any atom is -0.464 e. The molecule has 3 nitrogen and oxygen atoms in total. The van der Waals surface area contributed by atoms with E-state index in [9.17, 15) is 13.6 Å². The monoisotopic (exact) mass is 303 g/mol. The number of carbonyl (C=O) groups excluding carboxylic acids is 1. The summed E-state index contributed by atoms with van der Waals surface area (Å²) < 4.78 is 31.5. The topological polar surface area (TPSA) is 50.1 Å². The average molecular weight is 304 g/mol. The minimum atomic E-state index is -3.76. The normalized spacial score (nSPS) is 10.8. The molecule has 0 aliphatic heterocycles. The zero-order chi connectivity index (χ0) is 13.1. The Bertz CT molecular complexity index is 483. The van der Waals surface area contributed by atoms with E-state index in [4.69, 9.17) is 5.26 Å². The smallest absolute Gasteiger partial charge is 0.381 e. The van der Waals surface area contributed by atoms with Crippen LogP contribution in [0.5, 0.6) is 0 Å². The number of nitrogens with zero attached hydrogens (tertiary/aromatic N) is 1. The SMILES string of the molecule is COC(=O)C(F)(F)c1cc(C#N)ccc1CBr. The third kappa shape index (κ3) is 2.61. The van der Waals surface area contributed by atoms with E-state index >= 15 is 0 Å². The molecule has 0 aromatic heterocycles. The van der Waals surface area contributed by atoms with Crippen LogP contribution in [0.4, 0.5) is 8.78 Å². The van der Waals surface area contributed by atoms with Crippen molar-refractivity contribution in [2.24, 2.45) is 0 Å². The summed E-state index contributed by atoms with van der Waals surface area (Å²) in [5, 5.41) is 8.82. The first-order valence-electron chi connectivity index (χ1n) is 4.53. The Balaban J connectivity index is 3.37. The molecule has 0 bridgehead atoms. The lowest BCUT2D eigenvalue weighted by molar-refractivity contribution is -0.170. The second-order valence-corrected chi connectivity index (χ2v) is 3.74. The first-order chi connectivity index (χ1) is 7.97. The lowest BCUT2D eigenvalue weighted by atomic mass is 10.00. The maximum absolute atomic E-state index is 13.7. The van der Waals surface area contributed by atoms with Gasteiger partial charge >= 0.3 is 11.9 Å². The molecular weight excluding hydrogens is 296 g/mol. The number of esters is 1. The van der Waals surface area contributed by atoms with Crippen LogP contribution < -0.4 is 0 Å². The number of ether oxygens (including phenoxy) is 1. The highest BCUT2D eigenvalue weighted by Crippen LogP contribution is 2.33. The molecule has 0 aliphatic rings. The van der Waals surface area contributed by atoms with Crippen molar-refractivity contribution in [1.82, 2.24) is 0 Å². The van der Waals surface area contributed by atoms with Crippen molar-refractivity contribution in [2.75, 3.05) is 7.11 Å². The van der Waals surface area contributed by atoms with Gasteiger partial charge in [-0.2, -0.15) is 14.0 Å². The summed E-state index contributed by atoms with van der Waals surface area (Å²) >= 11 is 3.05. The molecule has 6 heteroatoms. The van der Waals surface area contributed by atoms with Gasteiger partial charge in [-0.3, -0.25) is 0 Å². The largest absolute Gasteiger partial charge is 0.464 e. The Labute approximate surface area is 105 Å². The molecule has 0 heterocycles. The third-order valence-electron chi connectivity index (χ3n) is 2.16. The fraction of sp³-hybridized carbons (Fsp3) is 0.273. The number of benzene rings is 1. The van der Waals surface area contributed by atoms with Gasteiger partial charge in [-0.25, -0.2) is 4.79 Å². The van der Waals surface area contributed by atoms with Crippen LogP contribution in [0.3, 0.4) is 0 Å². The fourth-order valence-corrected chi connectivity index (χ4v) is 1.78. The molecule has 1 rings (SSSR count). The van der Waals surface area contributed by atoms with Crippen LogP contribution >= 0.6 is 15.9 Å². The highest BCUT2D eigenvalue weighted by Gasteiger charge is 2.43. The van der Waals surface area contributed by atoms with Crippen molar-refractivity contribution >= 4 is 21.9 Å². The van der Waals surface area contributed by atoms with Crippen molar-refractivity contribution in [3.05, 3.63) is 34.9 Å². The minimum absolute atomic E-state index is 0.0632. The van der Waals surface area contributed by atoms with E-state index in [2.05, 4.69) is 20.7 Å². The molecule has 17 heavy (non-hydrogen) atoms. The Morgan fingerprint density at radius 3 is 2.71 bits per heavy atom. The van der Waals surface area contributed by atoms with Crippen molar-refractivity contribution in [2.45, 2.75) is 11.3 Å². The molecule has 1 aromatic rings. The molecule has 0 saturated carbocycles. The summed E-state index contributed by atoms with van der Waals surface area (Å²) in [6.07, 6.45) is 0. The summed E-state index contributed by atoms with van der Waals surface area (Å²) in [5.74, 6) is -5.40. The lowest BCUT2D eigenvalue weighted by Crippen LogP contribution is -2.28. The Morgan fingerprint density at radius 1 is 1.59 bits per heavy atom. The molecule has 0 unspecified atom stereocenters. The predicted molar refractivity (Wildman–Crippen MR) is 59.7 cm³/mol. The highest BCUT2D eigenvalue weighted by molar-refractivity contribution is 9.08. The zero-order valence-corrected chi connectivity index (χ0v) is 10.4. The summed E-state index contributed by atoms with van der Waals surface area (Å²) in [5.41, 5.74) is -0.215. The molecule has 0 fully saturated rings. The zero-order valence-electron chi connectivity index (χ0n) is 8.84. The molecule has 0 atom stereocenters. The van der Waals surface area contributed by atoms with E-state index in [-0.39, 0.29) is 16.5 Å². The van der Waals surface area contributed by atoms with Gasteiger partial charge in [-0.15, -0.1) is 0 Å². The highest BCUT2D eigenvalue weighted by atomic mass is 79.9. The first kappa shape index (κ1) is 13.6. The molecule has 1 aromatic carbocycles. The Kier molecular flexibility index (Phi) is 4.18. The molecule has 0 spiro atoms. The van der Waals surface area contributed by atoms with E-state index in [1.807, 2.05) is 0 Å². The Morgan fingerprint density at radius 2 is 2.24 bits per heavy atom. The van der Waals surface area contributed by atoms with Gasteiger partial charge in [0.2, 0.25) is 0 Å². The van der Waals surface area contributed by atoms with E-state index in [1.165, 1.54) is 12.1 Å². The van der Waals surface area contributed by atoms with Gasteiger partial charge in [-0.1, -0.05) is 22.0 Å². The summed E-state index contributed by atoms with van der Waals surface area (Å²) in [6, 6.07) is 5.53. The van der Waals surface area contributed by atoms with Crippen LogP contribution in [-0.2, 0) is 20.8 Å². The van der Waals surface area contributed by atoms with Gasteiger partial charge in [0.15, 0.2) is 0 Å². The van der Waals surface area contributed by atoms with Crippen LogP contribution in [0.25, 0.3) is 0 Å². The summed E-state index contributed by atoms with van der Waals surface area (Å²) in [4.78, 5) is 11.0. The van der Waals surface area contributed by atoms with Gasteiger partial charge in [0.25, 0.3) is 0 Å². The Hall–Kier alpha value is -1.48. The average Bonchev–Trinajstić information content (AvgIpc) is 2.36. The molecular formula is C11H8BrF2NO2. The number of methoxy groups -OCH3 is 1. The van der Waals surface area contributed by atoms with Crippen molar-refractivity contribution in [3.8, 4) is 6.07 Å². The molecule has 0 saturated heterocycles. The van der Waals surface area contributed by atoms with Gasteiger partial charge < -0.3 is 4.74 Å². The van der Waals surface area contributed by atoms with Gasteiger partial charge in [0.1, 0.15) is 0 Å². The molecule has 0 amide bonds. The van der Waals surface area contributed by atoms with Crippen LogP contribution in [0.1, 0.15) is 16.7 Å². The standard InChI is InChI=1S/C11H8BrF2NO2/c1-17-10(16)11(13,14)9-4-7(6-15)2-3-8(9)5-12/h2-4H,5H2,1H3. The number of carbonyl (C=O) groups is 1. The van der Waals surface area contributed by atoms with Crippen molar-refractivity contribution < 1.29 is 18.3 Å². The second kappa shape index (κ2) is 5.23. The van der Waals surface area contributed by atoms with Gasteiger partial charge in [-0.05, 0) is 17.7 Å². The number of hydrogen-bond acceptors (Lipinski definition) is 3. The number of halogens is 3. The summed E-state index contributed by atoms with van der Waals surface area (Å²) in [7, 11) is 0.887. The lowest BCUT2D eigenvalue weighted by Gasteiger charge is -2.17. The number of hydrogen-bond donors (Lipinski definition) is 0.